The van der Waals surface area contributed by atoms with Crippen LogP contribution in [0, 0.1) is 5.82 Å². The van der Waals surface area contributed by atoms with Crippen LogP contribution in [-0.4, -0.2) is 27.3 Å². The van der Waals surface area contributed by atoms with Gasteiger partial charge in [0.1, 0.15) is 11.4 Å². The first-order chi connectivity index (χ1) is 13.7. The Kier molecular flexibility index (Phi) is 5.88. The number of nitrogens with zero attached hydrogens (tertiary/aromatic N) is 3. The molecule has 3 rings (SSSR count). The minimum atomic E-state index is -4.65. The summed E-state index contributed by atoms with van der Waals surface area (Å²) in [6.45, 7) is 1.83. The predicted molar refractivity (Wildman–Crippen MR) is 96.5 cm³/mol. The van der Waals surface area contributed by atoms with Crippen molar-refractivity contribution in [2.24, 2.45) is 0 Å². The maximum absolute atomic E-state index is 13.6. The highest BCUT2D eigenvalue weighted by molar-refractivity contribution is 6.32. The minimum absolute atomic E-state index is 0.0333. The Balaban J connectivity index is 1.89. The molecule has 0 saturated carbocycles. The Bertz CT molecular complexity index is 1050. The number of pyridine rings is 1. The number of benzene rings is 1. The summed E-state index contributed by atoms with van der Waals surface area (Å²) in [4.78, 5) is 16.0. The topological polar surface area (TPSA) is 57.0 Å². The number of alkyl halides is 3. The molecule has 0 aliphatic carbocycles. The highest BCUT2D eigenvalue weighted by Gasteiger charge is 2.31. The number of rotatable bonds is 5. The normalized spacial score (nSPS) is 11.5. The lowest BCUT2D eigenvalue weighted by Gasteiger charge is -2.10. The fourth-order valence-electron chi connectivity index (χ4n) is 2.66. The molecule has 2 aromatic heterocycles. The molecule has 0 bridgehead atoms. The van der Waals surface area contributed by atoms with E-state index in [9.17, 15) is 22.4 Å². The van der Waals surface area contributed by atoms with Crippen molar-refractivity contribution in [3.8, 4) is 5.69 Å². The lowest BCUT2D eigenvalue weighted by Crippen LogP contribution is -2.07. The van der Waals surface area contributed by atoms with Crippen LogP contribution in [0.5, 0.6) is 0 Å². The summed E-state index contributed by atoms with van der Waals surface area (Å²) < 4.78 is 58.5. The Morgan fingerprint density at radius 3 is 2.69 bits per heavy atom. The van der Waals surface area contributed by atoms with Crippen molar-refractivity contribution in [1.29, 1.82) is 0 Å². The molecule has 1 aromatic carbocycles. The highest BCUT2D eigenvalue weighted by Crippen LogP contribution is 2.31. The molecule has 0 saturated heterocycles. The number of hydrogen-bond donors (Lipinski definition) is 0. The monoisotopic (exact) mass is 427 g/mol. The molecule has 5 nitrogen and oxygen atoms in total. The van der Waals surface area contributed by atoms with Crippen LogP contribution in [0.25, 0.3) is 5.69 Å². The van der Waals surface area contributed by atoms with Gasteiger partial charge in [-0.15, -0.1) is 0 Å². The van der Waals surface area contributed by atoms with Crippen molar-refractivity contribution in [1.82, 2.24) is 14.8 Å². The van der Waals surface area contributed by atoms with Crippen molar-refractivity contribution in [2.45, 2.75) is 19.5 Å². The van der Waals surface area contributed by atoms with Gasteiger partial charge >= 0.3 is 12.1 Å². The summed E-state index contributed by atoms with van der Waals surface area (Å²) in [5, 5.41) is 3.98. The van der Waals surface area contributed by atoms with Crippen molar-refractivity contribution in [3.63, 3.8) is 0 Å². The van der Waals surface area contributed by atoms with Crippen LogP contribution >= 0.6 is 11.6 Å². The molecule has 0 aliphatic heterocycles. The first kappa shape index (κ1) is 20.8. The Morgan fingerprint density at radius 2 is 2.00 bits per heavy atom. The third-order valence-corrected chi connectivity index (χ3v) is 4.18. The number of carbonyl (C=O) groups excluding carboxylic acids is 1. The van der Waals surface area contributed by atoms with Gasteiger partial charge in [-0.3, -0.25) is 4.98 Å². The summed E-state index contributed by atoms with van der Waals surface area (Å²) in [5.74, 6) is -1.61. The van der Waals surface area contributed by atoms with Gasteiger partial charge in [-0.05, 0) is 42.8 Å². The lowest BCUT2D eigenvalue weighted by molar-refractivity contribution is -0.137. The second-order valence-corrected chi connectivity index (χ2v) is 6.38. The number of ether oxygens (including phenoxy) is 1. The van der Waals surface area contributed by atoms with Crippen molar-refractivity contribution >= 4 is 17.6 Å². The third kappa shape index (κ3) is 4.92. The summed E-state index contributed by atoms with van der Waals surface area (Å²) in [5.41, 5.74) is -0.0217. The Hall–Kier alpha value is -2.94. The quantitative estimate of drug-likeness (QED) is 0.431. The van der Waals surface area contributed by atoms with Crippen LogP contribution in [0.2, 0.25) is 5.15 Å². The minimum Gasteiger partial charge on any atom is -0.462 e. The van der Waals surface area contributed by atoms with Gasteiger partial charge in [0.05, 0.1) is 17.9 Å². The smallest absolute Gasteiger partial charge is 0.416 e. The van der Waals surface area contributed by atoms with Gasteiger partial charge in [0, 0.05) is 24.5 Å². The van der Waals surface area contributed by atoms with E-state index in [4.69, 9.17) is 16.3 Å². The maximum Gasteiger partial charge on any atom is 0.416 e. The van der Waals surface area contributed by atoms with Gasteiger partial charge in [-0.1, -0.05) is 11.6 Å². The number of hydrogen-bond acceptors (Lipinski definition) is 4. The second kappa shape index (κ2) is 8.20. The van der Waals surface area contributed by atoms with Crippen LogP contribution in [0.3, 0.4) is 0 Å². The molecule has 10 heteroatoms. The van der Waals surface area contributed by atoms with Gasteiger partial charge in [0.25, 0.3) is 0 Å². The molecule has 152 valence electrons. The van der Waals surface area contributed by atoms with E-state index in [0.717, 1.165) is 12.1 Å². The van der Waals surface area contributed by atoms with Crippen LogP contribution in [0.1, 0.15) is 34.1 Å². The zero-order valence-electron chi connectivity index (χ0n) is 15.0. The zero-order valence-corrected chi connectivity index (χ0v) is 15.8. The third-order valence-electron chi connectivity index (χ3n) is 3.90. The second-order valence-electron chi connectivity index (χ2n) is 6.03. The van der Waals surface area contributed by atoms with Crippen LogP contribution in [0.15, 0.2) is 42.7 Å². The van der Waals surface area contributed by atoms with E-state index < -0.39 is 23.5 Å². The van der Waals surface area contributed by atoms with E-state index in [2.05, 4.69) is 10.1 Å². The molecule has 0 N–H and O–H groups in total. The molecule has 29 heavy (non-hydrogen) atoms. The first-order valence-electron chi connectivity index (χ1n) is 8.41. The van der Waals surface area contributed by atoms with Crippen LogP contribution in [0.4, 0.5) is 17.6 Å². The fourth-order valence-corrected chi connectivity index (χ4v) is 2.87. The van der Waals surface area contributed by atoms with Gasteiger partial charge in [-0.25, -0.2) is 13.9 Å². The van der Waals surface area contributed by atoms with E-state index in [1.807, 2.05) is 0 Å². The van der Waals surface area contributed by atoms with Crippen molar-refractivity contribution < 1.29 is 27.1 Å². The molecular formula is C19H14ClF4N3O2. The average molecular weight is 428 g/mol. The van der Waals surface area contributed by atoms with Crippen LogP contribution in [-0.2, 0) is 17.3 Å². The SMILES string of the molecule is CCOC(=O)c1cn(-c2ccnc(Cc3cc(F)cc(C(F)(F)F)c3)c2)nc1Cl. The molecule has 2 heterocycles. The standard InChI is InChI=1S/C19H14ClF4N3O2/c1-2-29-18(28)16-10-27(26-17(16)20)15-3-4-25-14(9-15)7-11-5-12(19(22,23)24)8-13(21)6-11/h3-6,8-10H,2,7H2,1H3. The Morgan fingerprint density at radius 1 is 1.24 bits per heavy atom. The summed E-state index contributed by atoms with van der Waals surface area (Å²) in [6.07, 6.45) is -1.88. The number of aromatic nitrogens is 3. The molecule has 3 aromatic rings. The molecular weight excluding hydrogens is 414 g/mol. The van der Waals surface area contributed by atoms with E-state index in [1.165, 1.54) is 17.1 Å². The molecule has 0 spiro atoms. The summed E-state index contributed by atoms with van der Waals surface area (Å²) >= 11 is 5.98. The molecule has 0 fully saturated rings. The molecule has 0 amide bonds. The molecule has 0 unspecified atom stereocenters. The van der Waals surface area contributed by atoms with E-state index in [1.54, 1.807) is 19.1 Å². The molecule has 0 atom stereocenters. The fraction of sp³-hybridized carbons (Fsp3) is 0.211. The molecule has 0 radical (unpaired) electrons. The first-order valence-corrected chi connectivity index (χ1v) is 8.79. The predicted octanol–water partition coefficient (Wildman–Crippen LogP) is 4.85. The van der Waals surface area contributed by atoms with E-state index >= 15 is 0 Å². The maximum atomic E-state index is 13.6. The number of carbonyl (C=O) groups is 1. The lowest BCUT2D eigenvalue weighted by atomic mass is 10.0. The largest absolute Gasteiger partial charge is 0.462 e. The number of halogens is 5. The van der Waals surface area contributed by atoms with Gasteiger partial charge in [0.2, 0.25) is 0 Å². The summed E-state index contributed by atoms with van der Waals surface area (Å²) in [7, 11) is 0. The van der Waals surface area contributed by atoms with Gasteiger partial charge in [0.15, 0.2) is 5.15 Å². The Labute approximate surface area is 167 Å². The van der Waals surface area contributed by atoms with Crippen LogP contribution < -0.4 is 0 Å². The van der Waals surface area contributed by atoms with Gasteiger partial charge < -0.3 is 4.74 Å². The zero-order chi connectivity index (χ0) is 21.2. The van der Waals surface area contributed by atoms with Gasteiger partial charge in [-0.2, -0.15) is 18.3 Å². The number of esters is 1. The highest BCUT2D eigenvalue weighted by atomic mass is 35.5. The average Bonchev–Trinajstić information content (AvgIpc) is 3.03. The van der Waals surface area contributed by atoms with E-state index in [-0.39, 0.29) is 29.3 Å². The van der Waals surface area contributed by atoms with Crippen molar-refractivity contribution in [3.05, 3.63) is 76.1 Å². The van der Waals surface area contributed by atoms with Crippen molar-refractivity contribution in [2.75, 3.05) is 6.61 Å². The van der Waals surface area contributed by atoms with E-state index in [0.29, 0.717) is 17.4 Å². The molecule has 0 aliphatic rings. The summed E-state index contributed by atoms with van der Waals surface area (Å²) in [6, 6.07) is 5.47.